The van der Waals surface area contributed by atoms with E-state index in [1.165, 1.54) is 6.92 Å². The third-order valence-corrected chi connectivity index (χ3v) is 6.61. The number of benzene rings is 3. The quantitative estimate of drug-likeness (QED) is 0.427. The zero-order valence-corrected chi connectivity index (χ0v) is 19.4. The number of aliphatic hydroxyl groups is 2. The molecule has 0 fully saturated rings. The van der Waals surface area contributed by atoms with Crippen molar-refractivity contribution in [3.05, 3.63) is 107 Å². The minimum absolute atomic E-state index is 0.0461. The first-order valence-corrected chi connectivity index (χ1v) is 11.8. The van der Waals surface area contributed by atoms with Gasteiger partial charge in [-0.1, -0.05) is 78.9 Å². The molecule has 1 aliphatic carbocycles. The van der Waals surface area contributed by atoms with Crippen LogP contribution in [0.4, 0.5) is 0 Å². The van der Waals surface area contributed by atoms with Crippen LogP contribution >= 0.6 is 0 Å². The van der Waals surface area contributed by atoms with Gasteiger partial charge in [0.05, 0.1) is 18.2 Å². The first kappa shape index (κ1) is 23.9. The van der Waals surface area contributed by atoms with E-state index in [0.717, 1.165) is 22.3 Å². The van der Waals surface area contributed by atoms with E-state index in [1.807, 2.05) is 72.8 Å². The summed E-state index contributed by atoms with van der Waals surface area (Å²) >= 11 is 0. The van der Waals surface area contributed by atoms with Crippen LogP contribution in [0.25, 0.3) is 0 Å². The molecule has 5 nitrogen and oxygen atoms in total. The van der Waals surface area contributed by atoms with Crippen molar-refractivity contribution in [3.8, 4) is 0 Å². The highest BCUT2D eigenvalue weighted by Crippen LogP contribution is 2.32. The van der Waals surface area contributed by atoms with Gasteiger partial charge in [-0.05, 0) is 48.4 Å². The molecule has 0 spiro atoms. The van der Waals surface area contributed by atoms with Crippen LogP contribution in [0.5, 0.6) is 0 Å². The molecule has 1 amide bonds. The molecule has 0 saturated carbocycles. The fourth-order valence-corrected chi connectivity index (χ4v) is 4.91. The normalized spacial score (nSPS) is 18.7. The highest BCUT2D eigenvalue weighted by atomic mass is 16.3. The van der Waals surface area contributed by atoms with E-state index in [0.29, 0.717) is 24.8 Å². The van der Waals surface area contributed by atoms with Crippen LogP contribution in [0, 0.1) is 5.92 Å². The topological polar surface area (TPSA) is 86.6 Å². The first-order chi connectivity index (χ1) is 16.4. The summed E-state index contributed by atoms with van der Waals surface area (Å²) < 4.78 is 0. The minimum Gasteiger partial charge on any atom is -0.393 e. The van der Waals surface area contributed by atoms with Crippen molar-refractivity contribution < 1.29 is 19.8 Å². The van der Waals surface area contributed by atoms with Crippen LogP contribution in [0.15, 0.2) is 78.9 Å². The molecule has 1 unspecified atom stereocenters. The van der Waals surface area contributed by atoms with E-state index in [2.05, 4.69) is 5.32 Å². The number of carbonyl (C=O) groups is 2. The van der Waals surface area contributed by atoms with Gasteiger partial charge in [0, 0.05) is 17.9 Å². The smallest absolute Gasteiger partial charge is 0.224 e. The summed E-state index contributed by atoms with van der Waals surface area (Å²) in [7, 11) is 0. The van der Waals surface area contributed by atoms with Crippen molar-refractivity contribution in [2.45, 2.75) is 50.9 Å². The lowest BCUT2D eigenvalue weighted by molar-refractivity contribution is -0.127. The first-order valence-electron chi connectivity index (χ1n) is 11.8. The van der Waals surface area contributed by atoms with Crippen molar-refractivity contribution in [1.82, 2.24) is 5.32 Å². The molecular formula is C29H31NO4. The Morgan fingerprint density at radius 3 is 2.38 bits per heavy atom. The Labute approximate surface area is 200 Å². The lowest BCUT2D eigenvalue weighted by atomic mass is 9.89. The van der Waals surface area contributed by atoms with E-state index in [1.54, 1.807) is 6.07 Å². The van der Waals surface area contributed by atoms with Crippen molar-refractivity contribution in [3.63, 3.8) is 0 Å². The average molecular weight is 458 g/mol. The fraction of sp³-hybridized carbons (Fsp3) is 0.310. The van der Waals surface area contributed by atoms with E-state index < -0.39 is 24.2 Å². The number of ketones is 1. The van der Waals surface area contributed by atoms with Gasteiger partial charge >= 0.3 is 0 Å². The second-order valence-electron chi connectivity index (χ2n) is 9.15. The molecule has 4 rings (SSSR count). The summed E-state index contributed by atoms with van der Waals surface area (Å²) in [6, 6.07) is 24.3. The van der Waals surface area contributed by atoms with Crippen LogP contribution in [0.2, 0.25) is 0 Å². The lowest BCUT2D eigenvalue weighted by Gasteiger charge is -2.24. The average Bonchev–Trinajstić information content (AvgIpc) is 3.14. The standard InChI is InChI=1S/C29H31NO4/c1-19(31)25-13-7-5-11-21(25)16-24(32)17-23(15-20-9-3-2-4-10-20)29(34)30-28-26-14-8-6-12-22(26)18-27(28)33/h2-14,23-24,27-28,32-33H,15-18H2,1H3,(H,30,34)/t23-,24-,27-,28?/m1/s1. The molecule has 0 saturated heterocycles. The highest BCUT2D eigenvalue weighted by molar-refractivity contribution is 5.95. The van der Waals surface area contributed by atoms with E-state index in [9.17, 15) is 19.8 Å². The van der Waals surface area contributed by atoms with Gasteiger partial charge in [-0.15, -0.1) is 0 Å². The van der Waals surface area contributed by atoms with Crippen LogP contribution in [0.1, 0.15) is 52.0 Å². The van der Waals surface area contributed by atoms with Crippen molar-refractivity contribution in [2.75, 3.05) is 0 Å². The van der Waals surface area contributed by atoms with Crippen LogP contribution in [-0.2, 0) is 24.1 Å². The molecule has 0 heterocycles. The van der Waals surface area contributed by atoms with Crippen molar-refractivity contribution >= 4 is 11.7 Å². The maximum absolute atomic E-state index is 13.4. The molecule has 0 aromatic heterocycles. The van der Waals surface area contributed by atoms with E-state index >= 15 is 0 Å². The van der Waals surface area contributed by atoms with E-state index in [4.69, 9.17) is 0 Å². The molecule has 5 heteroatoms. The number of fused-ring (bicyclic) bond motifs is 1. The number of hydrogen-bond donors (Lipinski definition) is 3. The Balaban J connectivity index is 1.51. The summed E-state index contributed by atoms with van der Waals surface area (Å²) in [6.07, 6.45) is 0.0600. The molecule has 3 aromatic rings. The number of Topliss-reactive ketones (excluding diaryl/α,β-unsaturated/α-hetero) is 1. The fourth-order valence-electron chi connectivity index (χ4n) is 4.91. The zero-order chi connectivity index (χ0) is 24.1. The van der Waals surface area contributed by atoms with Crippen LogP contribution in [-0.4, -0.2) is 34.1 Å². The van der Waals surface area contributed by atoms with E-state index in [-0.39, 0.29) is 18.1 Å². The SMILES string of the molecule is CC(=O)c1ccccc1C[C@@H](O)C[C@@H](Cc1ccccc1)C(=O)NC1c2ccccc2C[C@H]1O. The molecule has 0 aliphatic heterocycles. The van der Waals surface area contributed by atoms with Crippen LogP contribution in [0.3, 0.4) is 0 Å². The Bertz CT molecular complexity index is 1140. The highest BCUT2D eigenvalue weighted by Gasteiger charge is 2.34. The Morgan fingerprint density at radius 2 is 1.62 bits per heavy atom. The van der Waals surface area contributed by atoms with Gasteiger partial charge in [0.1, 0.15) is 0 Å². The zero-order valence-electron chi connectivity index (χ0n) is 19.4. The lowest BCUT2D eigenvalue weighted by Crippen LogP contribution is -2.39. The van der Waals surface area contributed by atoms with Gasteiger partial charge in [-0.3, -0.25) is 9.59 Å². The third kappa shape index (κ3) is 5.61. The third-order valence-electron chi connectivity index (χ3n) is 6.61. The summed E-state index contributed by atoms with van der Waals surface area (Å²) in [5.41, 5.74) is 4.36. The molecule has 0 bridgehead atoms. The van der Waals surface area contributed by atoms with Crippen molar-refractivity contribution in [1.29, 1.82) is 0 Å². The van der Waals surface area contributed by atoms with Gasteiger partial charge in [-0.25, -0.2) is 0 Å². The molecule has 4 atom stereocenters. The number of aliphatic hydroxyl groups excluding tert-OH is 2. The summed E-state index contributed by atoms with van der Waals surface area (Å²) in [6.45, 7) is 1.52. The predicted octanol–water partition coefficient (Wildman–Crippen LogP) is 3.82. The molecule has 3 N–H and O–H groups in total. The number of carbonyl (C=O) groups excluding carboxylic acids is 2. The van der Waals surface area contributed by atoms with Gasteiger partial charge in [0.15, 0.2) is 5.78 Å². The second kappa shape index (κ2) is 10.8. The molecule has 1 aliphatic rings. The number of hydrogen-bond acceptors (Lipinski definition) is 4. The predicted molar refractivity (Wildman–Crippen MR) is 131 cm³/mol. The number of rotatable bonds is 9. The summed E-state index contributed by atoms with van der Waals surface area (Å²) in [5.74, 6) is -0.722. The van der Waals surface area contributed by atoms with Gasteiger partial charge < -0.3 is 15.5 Å². The summed E-state index contributed by atoms with van der Waals surface area (Å²) in [5, 5.41) is 24.6. The van der Waals surface area contributed by atoms with Gasteiger partial charge in [-0.2, -0.15) is 0 Å². The Morgan fingerprint density at radius 1 is 0.941 bits per heavy atom. The monoisotopic (exact) mass is 457 g/mol. The maximum atomic E-state index is 13.4. The molecule has 176 valence electrons. The largest absolute Gasteiger partial charge is 0.393 e. The van der Waals surface area contributed by atoms with Crippen LogP contribution < -0.4 is 5.32 Å². The summed E-state index contributed by atoms with van der Waals surface area (Å²) in [4.78, 5) is 25.4. The number of nitrogens with one attached hydrogen (secondary N) is 1. The molecular weight excluding hydrogens is 426 g/mol. The van der Waals surface area contributed by atoms with Gasteiger partial charge in [0.2, 0.25) is 5.91 Å². The maximum Gasteiger partial charge on any atom is 0.224 e. The van der Waals surface area contributed by atoms with Crippen molar-refractivity contribution in [2.24, 2.45) is 5.92 Å². The molecule has 34 heavy (non-hydrogen) atoms. The second-order valence-corrected chi connectivity index (χ2v) is 9.15. The molecule has 3 aromatic carbocycles. The Kier molecular flexibility index (Phi) is 7.56. The van der Waals surface area contributed by atoms with Gasteiger partial charge in [0.25, 0.3) is 0 Å². The Hall–Kier alpha value is -3.28. The number of amides is 1. The molecule has 0 radical (unpaired) electrons. The minimum atomic E-state index is -0.791.